The van der Waals surface area contributed by atoms with E-state index < -0.39 is 0 Å². The molecule has 2 rings (SSSR count). The lowest BCUT2D eigenvalue weighted by Crippen LogP contribution is -2.50. The predicted molar refractivity (Wildman–Crippen MR) is 80.4 cm³/mol. The molecule has 1 saturated heterocycles. The molecule has 1 aliphatic rings. The van der Waals surface area contributed by atoms with Gasteiger partial charge < -0.3 is 5.32 Å². The van der Waals surface area contributed by atoms with Gasteiger partial charge in [-0.05, 0) is 18.9 Å². The van der Waals surface area contributed by atoms with Crippen LogP contribution in [0.4, 0.5) is 0 Å². The molecule has 0 saturated carbocycles. The van der Waals surface area contributed by atoms with Crippen molar-refractivity contribution < 1.29 is 0 Å². The van der Waals surface area contributed by atoms with Crippen LogP contribution in [-0.2, 0) is 6.54 Å². The second kappa shape index (κ2) is 7.78. The van der Waals surface area contributed by atoms with Gasteiger partial charge in [0.25, 0.3) is 0 Å². The zero-order valence-electron chi connectivity index (χ0n) is 11.5. The quantitative estimate of drug-likeness (QED) is 0.903. The van der Waals surface area contributed by atoms with Crippen LogP contribution in [0, 0.1) is 6.92 Å². The first kappa shape index (κ1) is 15.5. The summed E-state index contributed by atoms with van der Waals surface area (Å²) >= 11 is 0. The van der Waals surface area contributed by atoms with Crippen LogP contribution in [0.25, 0.3) is 0 Å². The standard InChI is InChI=1S/C15H24N2.ClH/c1-3-5-15-11-16-8-9-17(15)12-14-7-4-6-13(2)10-14;/h4,6-7,10,15-16H,3,5,8-9,11-12H2,1-2H3;1H. The van der Waals surface area contributed by atoms with E-state index in [0.717, 1.165) is 19.6 Å². The molecule has 1 aliphatic heterocycles. The summed E-state index contributed by atoms with van der Waals surface area (Å²) in [5, 5.41) is 3.51. The minimum Gasteiger partial charge on any atom is -0.314 e. The summed E-state index contributed by atoms with van der Waals surface area (Å²) in [6.45, 7) is 9.02. The molecular formula is C15H25ClN2. The Hall–Kier alpha value is -0.570. The molecule has 1 N–H and O–H groups in total. The molecule has 3 heteroatoms. The molecule has 0 aromatic heterocycles. The Morgan fingerprint density at radius 2 is 2.22 bits per heavy atom. The van der Waals surface area contributed by atoms with Gasteiger partial charge in [-0.2, -0.15) is 0 Å². The molecule has 18 heavy (non-hydrogen) atoms. The van der Waals surface area contributed by atoms with Crippen molar-refractivity contribution in [2.75, 3.05) is 19.6 Å². The average Bonchev–Trinajstić information content (AvgIpc) is 2.32. The van der Waals surface area contributed by atoms with Crippen molar-refractivity contribution in [1.82, 2.24) is 10.2 Å². The van der Waals surface area contributed by atoms with E-state index in [2.05, 4.69) is 48.3 Å². The molecule has 2 nitrogen and oxygen atoms in total. The molecule has 0 spiro atoms. The Balaban J connectivity index is 0.00000162. The van der Waals surface area contributed by atoms with Gasteiger partial charge in [0.1, 0.15) is 0 Å². The normalized spacial score (nSPS) is 20.4. The number of aryl methyl sites for hydroxylation is 1. The predicted octanol–water partition coefficient (Wildman–Crippen LogP) is 2.99. The average molecular weight is 269 g/mol. The van der Waals surface area contributed by atoms with E-state index in [1.54, 1.807) is 0 Å². The maximum atomic E-state index is 3.51. The largest absolute Gasteiger partial charge is 0.314 e. The third kappa shape index (κ3) is 4.27. The van der Waals surface area contributed by atoms with Gasteiger partial charge in [-0.15, -0.1) is 12.4 Å². The van der Waals surface area contributed by atoms with Crippen molar-refractivity contribution in [3.8, 4) is 0 Å². The molecule has 0 radical (unpaired) electrons. The van der Waals surface area contributed by atoms with Crippen LogP contribution >= 0.6 is 12.4 Å². The van der Waals surface area contributed by atoms with Crippen LogP contribution in [0.1, 0.15) is 30.9 Å². The Morgan fingerprint density at radius 1 is 1.39 bits per heavy atom. The van der Waals surface area contributed by atoms with E-state index in [-0.39, 0.29) is 12.4 Å². The zero-order valence-corrected chi connectivity index (χ0v) is 12.3. The highest BCUT2D eigenvalue weighted by Gasteiger charge is 2.20. The van der Waals surface area contributed by atoms with Crippen molar-refractivity contribution in [2.45, 2.75) is 39.3 Å². The second-order valence-electron chi connectivity index (χ2n) is 5.11. The van der Waals surface area contributed by atoms with Crippen molar-refractivity contribution >= 4 is 12.4 Å². The summed E-state index contributed by atoms with van der Waals surface area (Å²) in [5.74, 6) is 0. The fraction of sp³-hybridized carbons (Fsp3) is 0.600. The van der Waals surface area contributed by atoms with Crippen molar-refractivity contribution in [3.05, 3.63) is 35.4 Å². The topological polar surface area (TPSA) is 15.3 Å². The summed E-state index contributed by atoms with van der Waals surface area (Å²) in [4.78, 5) is 2.63. The Morgan fingerprint density at radius 3 is 2.94 bits per heavy atom. The van der Waals surface area contributed by atoms with Crippen LogP contribution < -0.4 is 5.32 Å². The minimum absolute atomic E-state index is 0. The summed E-state index contributed by atoms with van der Waals surface area (Å²) in [6, 6.07) is 9.62. The number of halogens is 1. The highest BCUT2D eigenvalue weighted by molar-refractivity contribution is 5.85. The van der Waals surface area contributed by atoms with Gasteiger partial charge in [-0.1, -0.05) is 43.2 Å². The number of hydrogen-bond acceptors (Lipinski definition) is 2. The van der Waals surface area contributed by atoms with Crippen LogP contribution in [0.2, 0.25) is 0 Å². The van der Waals surface area contributed by atoms with Crippen LogP contribution in [0.5, 0.6) is 0 Å². The number of rotatable bonds is 4. The van der Waals surface area contributed by atoms with E-state index in [0.29, 0.717) is 6.04 Å². The fourth-order valence-electron chi connectivity index (χ4n) is 2.67. The van der Waals surface area contributed by atoms with Crippen molar-refractivity contribution in [1.29, 1.82) is 0 Å². The highest BCUT2D eigenvalue weighted by Crippen LogP contribution is 2.14. The summed E-state index contributed by atoms with van der Waals surface area (Å²) in [7, 11) is 0. The Labute approximate surface area is 117 Å². The van der Waals surface area contributed by atoms with Crippen LogP contribution in [-0.4, -0.2) is 30.6 Å². The first-order valence-corrected chi connectivity index (χ1v) is 6.80. The number of benzene rings is 1. The van der Waals surface area contributed by atoms with E-state index in [1.165, 1.54) is 30.5 Å². The van der Waals surface area contributed by atoms with E-state index in [1.807, 2.05) is 0 Å². The molecule has 0 bridgehead atoms. The lowest BCUT2D eigenvalue weighted by Gasteiger charge is -2.36. The summed E-state index contributed by atoms with van der Waals surface area (Å²) in [6.07, 6.45) is 2.58. The van der Waals surface area contributed by atoms with Gasteiger partial charge in [-0.3, -0.25) is 4.90 Å². The monoisotopic (exact) mass is 268 g/mol. The van der Waals surface area contributed by atoms with Crippen molar-refractivity contribution in [3.63, 3.8) is 0 Å². The first-order valence-electron chi connectivity index (χ1n) is 6.80. The number of nitrogens with zero attached hydrogens (tertiary/aromatic N) is 1. The first-order chi connectivity index (χ1) is 8.29. The minimum atomic E-state index is 0. The Kier molecular flexibility index (Phi) is 6.69. The van der Waals surface area contributed by atoms with Gasteiger partial charge in [-0.25, -0.2) is 0 Å². The molecule has 102 valence electrons. The van der Waals surface area contributed by atoms with Crippen LogP contribution in [0.15, 0.2) is 24.3 Å². The second-order valence-corrected chi connectivity index (χ2v) is 5.11. The third-order valence-corrected chi connectivity index (χ3v) is 3.56. The van der Waals surface area contributed by atoms with Crippen molar-refractivity contribution in [2.24, 2.45) is 0 Å². The molecule has 0 aliphatic carbocycles. The number of hydrogen-bond donors (Lipinski definition) is 1. The molecule has 1 fully saturated rings. The van der Waals surface area contributed by atoms with Gasteiger partial charge in [0, 0.05) is 32.2 Å². The number of nitrogens with one attached hydrogen (secondary N) is 1. The lowest BCUT2D eigenvalue weighted by molar-refractivity contribution is 0.144. The number of piperazine rings is 1. The van der Waals surface area contributed by atoms with E-state index in [9.17, 15) is 0 Å². The van der Waals surface area contributed by atoms with Gasteiger partial charge in [0.2, 0.25) is 0 Å². The SMILES string of the molecule is CCCC1CNCCN1Cc1cccc(C)c1.Cl. The van der Waals surface area contributed by atoms with E-state index in [4.69, 9.17) is 0 Å². The van der Waals surface area contributed by atoms with Gasteiger partial charge in [0.05, 0.1) is 0 Å². The molecule has 1 unspecified atom stereocenters. The molecule has 0 amide bonds. The van der Waals surface area contributed by atoms with E-state index >= 15 is 0 Å². The van der Waals surface area contributed by atoms with Gasteiger partial charge in [0.15, 0.2) is 0 Å². The molecule has 1 aromatic rings. The molecule has 1 aromatic carbocycles. The molecule has 1 atom stereocenters. The zero-order chi connectivity index (χ0) is 12.1. The lowest BCUT2D eigenvalue weighted by atomic mass is 10.1. The maximum absolute atomic E-state index is 3.51. The van der Waals surface area contributed by atoms with Crippen LogP contribution in [0.3, 0.4) is 0 Å². The Bertz CT molecular complexity index is 352. The summed E-state index contributed by atoms with van der Waals surface area (Å²) < 4.78 is 0. The molecular weight excluding hydrogens is 244 g/mol. The highest BCUT2D eigenvalue weighted by atomic mass is 35.5. The fourth-order valence-corrected chi connectivity index (χ4v) is 2.67. The summed E-state index contributed by atoms with van der Waals surface area (Å²) in [5.41, 5.74) is 2.82. The van der Waals surface area contributed by atoms with Gasteiger partial charge >= 0.3 is 0 Å². The smallest absolute Gasteiger partial charge is 0.0237 e. The maximum Gasteiger partial charge on any atom is 0.0237 e. The third-order valence-electron chi connectivity index (χ3n) is 3.56. The molecule has 1 heterocycles.